The number of hydrogen-bond acceptors (Lipinski definition) is 4. The summed E-state index contributed by atoms with van der Waals surface area (Å²) in [5.41, 5.74) is 4.09. The first-order valence-corrected chi connectivity index (χ1v) is 13.4. The second-order valence-electron chi connectivity index (χ2n) is 9.33. The number of aromatic nitrogens is 4. The summed E-state index contributed by atoms with van der Waals surface area (Å²) in [5.74, 6) is 1.93. The van der Waals surface area contributed by atoms with Crippen LogP contribution < -0.4 is 0 Å². The topological polar surface area (TPSA) is 43.6 Å². The summed E-state index contributed by atoms with van der Waals surface area (Å²) in [7, 11) is 0. The average molecular weight is 505 g/mol. The lowest BCUT2D eigenvalue weighted by Gasteiger charge is -2.10. The SMILES string of the molecule is c1ccc(-c2nc(-c3ccccc3)nc(-n3c4ccccc4c4cc5c(cc43)sc3ccccc35)n2)cc1. The molecule has 0 radical (unpaired) electrons. The van der Waals surface area contributed by atoms with Crippen LogP contribution in [-0.4, -0.2) is 19.5 Å². The molecule has 0 aliphatic carbocycles. The van der Waals surface area contributed by atoms with Gasteiger partial charge >= 0.3 is 0 Å². The highest BCUT2D eigenvalue weighted by Gasteiger charge is 2.19. The van der Waals surface area contributed by atoms with Crippen molar-refractivity contribution in [2.75, 3.05) is 0 Å². The summed E-state index contributed by atoms with van der Waals surface area (Å²) in [6.07, 6.45) is 0. The molecule has 178 valence electrons. The smallest absolute Gasteiger partial charge is 0.238 e. The summed E-state index contributed by atoms with van der Waals surface area (Å²) in [6, 6.07) is 42.0. The van der Waals surface area contributed by atoms with E-state index in [1.54, 1.807) is 0 Å². The van der Waals surface area contributed by atoms with Crippen LogP contribution in [-0.2, 0) is 0 Å². The Kier molecular flexibility index (Phi) is 4.66. The van der Waals surface area contributed by atoms with E-state index in [1.165, 1.54) is 30.9 Å². The largest absolute Gasteiger partial charge is 0.278 e. The molecule has 8 rings (SSSR count). The maximum Gasteiger partial charge on any atom is 0.238 e. The van der Waals surface area contributed by atoms with Crippen molar-refractivity contribution >= 4 is 53.3 Å². The van der Waals surface area contributed by atoms with Crippen molar-refractivity contribution in [3.63, 3.8) is 0 Å². The third kappa shape index (κ3) is 3.26. The molecule has 8 aromatic rings. The van der Waals surface area contributed by atoms with E-state index in [-0.39, 0.29) is 0 Å². The van der Waals surface area contributed by atoms with Crippen LogP contribution in [0.5, 0.6) is 0 Å². The molecular formula is C33H20N4S. The highest BCUT2D eigenvalue weighted by Crippen LogP contribution is 2.40. The van der Waals surface area contributed by atoms with Crippen LogP contribution in [0.1, 0.15) is 0 Å². The molecule has 3 aromatic heterocycles. The number of para-hydroxylation sites is 1. The Morgan fingerprint density at radius 2 is 1.05 bits per heavy atom. The first kappa shape index (κ1) is 21.2. The molecule has 0 N–H and O–H groups in total. The molecule has 0 saturated heterocycles. The maximum atomic E-state index is 5.04. The molecule has 5 aromatic carbocycles. The summed E-state index contributed by atoms with van der Waals surface area (Å²) in [4.78, 5) is 15.0. The standard InChI is InChI=1S/C33H20N4S/c1-3-11-21(12-4-1)31-34-32(22-13-5-2-6-14-22)36-33(35-31)37-27-17-9-7-15-23(27)25-19-26-24-16-8-10-18-29(24)38-30(26)20-28(25)37/h1-20H. The first-order valence-electron chi connectivity index (χ1n) is 12.6. The van der Waals surface area contributed by atoms with Crippen molar-refractivity contribution in [2.24, 2.45) is 0 Å². The van der Waals surface area contributed by atoms with Gasteiger partial charge < -0.3 is 0 Å². The molecule has 0 aliphatic heterocycles. The van der Waals surface area contributed by atoms with Crippen LogP contribution in [0.3, 0.4) is 0 Å². The van der Waals surface area contributed by atoms with Crippen LogP contribution in [0.2, 0.25) is 0 Å². The summed E-state index contributed by atoms with van der Waals surface area (Å²) in [5, 5.41) is 4.96. The van der Waals surface area contributed by atoms with E-state index in [0.29, 0.717) is 17.6 Å². The minimum absolute atomic E-state index is 0.615. The molecule has 0 amide bonds. The molecule has 5 heteroatoms. The van der Waals surface area contributed by atoms with Crippen molar-refractivity contribution in [3.05, 3.63) is 121 Å². The van der Waals surface area contributed by atoms with Gasteiger partial charge in [0.25, 0.3) is 0 Å². The molecule has 0 bridgehead atoms. The third-order valence-electron chi connectivity index (χ3n) is 7.06. The number of hydrogen-bond donors (Lipinski definition) is 0. The van der Waals surface area contributed by atoms with E-state index < -0.39 is 0 Å². The quantitative estimate of drug-likeness (QED) is 0.242. The fraction of sp³-hybridized carbons (Fsp3) is 0. The van der Waals surface area contributed by atoms with Crippen molar-refractivity contribution in [1.82, 2.24) is 19.5 Å². The molecule has 0 fully saturated rings. The predicted octanol–water partition coefficient (Wildman–Crippen LogP) is 8.67. The van der Waals surface area contributed by atoms with Gasteiger partial charge in [-0.05, 0) is 24.3 Å². The zero-order chi connectivity index (χ0) is 25.1. The van der Waals surface area contributed by atoms with Gasteiger partial charge in [-0.3, -0.25) is 4.57 Å². The summed E-state index contributed by atoms with van der Waals surface area (Å²) in [6.45, 7) is 0. The lowest BCUT2D eigenvalue weighted by Crippen LogP contribution is -2.06. The van der Waals surface area contributed by atoms with Crippen molar-refractivity contribution in [1.29, 1.82) is 0 Å². The third-order valence-corrected chi connectivity index (χ3v) is 8.19. The molecule has 0 atom stereocenters. The monoisotopic (exact) mass is 504 g/mol. The Hall–Kier alpha value is -4.87. The highest BCUT2D eigenvalue weighted by atomic mass is 32.1. The number of benzene rings is 5. The van der Waals surface area contributed by atoms with Gasteiger partial charge in [-0.1, -0.05) is 97.1 Å². The molecule has 0 unspecified atom stereocenters. The molecule has 0 spiro atoms. The minimum Gasteiger partial charge on any atom is -0.278 e. The fourth-order valence-electron chi connectivity index (χ4n) is 5.30. The van der Waals surface area contributed by atoms with Gasteiger partial charge in [0.1, 0.15) is 0 Å². The molecular weight excluding hydrogens is 484 g/mol. The lowest BCUT2D eigenvalue weighted by molar-refractivity contribution is 0.954. The summed E-state index contributed by atoms with van der Waals surface area (Å²) >= 11 is 1.82. The van der Waals surface area contributed by atoms with Gasteiger partial charge in [0.2, 0.25) is 5.95 Å². The van der Waals surface area contributed by atoms with Crippen LogP contribution >= 0.6 is 11.3 Å². The molecule has 3 heterocycles. The van der Waals surface area contributed by atoms with Crippen LogP contribution in [0, 0.1) is 0 Å². The number of nitrogens with zero attached hydrogens (tertiary/aromatic N) is 4. The van der Waals surface area contributed by atoms with Crippen molar-refractivity contribution in [2.45, 2.75) is 0 Å². The van der Waals surface area contributed by atoms with E-state index in [1.807, 2.05) is 72.0 Å². The second-order valence-corrected chi connectivity index (χ2v) is 10.4. The normalized spacial score (nSPS) is 11.7. The molecule has 0 aliphatic rings. The number of fused-ring (bicyclic) bond motifs is 6. The Balaban J connectivity index is 1.48. The average Bonchev–Trinajstić information content (AvgIpc) is 3.51. The lowest BCUT2D eigenvalue weighted by atomic mass is 10.1. The Morgan fingerprint density at radius 1 is 0.447 bits per heavy atom. The van der Waals surface area contributed by atoms with Crippen molar-refractivity contribution in [3.8, 4) is 28.7 Å². The summed E-state index contributed by atoms with van der Waals surface area (Å²) < 4.78 is 4.74. The van der Waals surface area contributed by atoms with Crippen LogP contribution in [0.4, 0.5) is 0 Å². The predicted molar refractivity (Wildman–Crippen MR) is 158 cm³/mol. The molecule has 0 saturated carbocycles. The van der Waals surface area contributed by atoms with Gasteiger partial charge in [0.15, 0.2) is 11.6 Å². The zero-order valence-electron chi connectivity index (χ0n) is 20.2. The molecule has 4 nitrogen and oxygen atoms in total. The zero-order valence-corrected chi connectivity index (χ0v) is 21.1. The van der Waals surface area contributed by atoms with Gasteiger partial charge in [-0.2, -0.15) is 9.97 Å². The Labute approximate surface area is 222 Å². The highest BCUT2D eigenvalue weighted by molar-refractivity contribution is 7.25. The first-order chi connectivity index (χ1) is 18.8. The van der Waals surface area contributed by atoms with Gasteiger partial charge in [0, 0.05) is 42.1 Å². The molecule has 38 heavy (non-hydrogen) atoms. The van der Waals surface area contributed by atoms with E-state index >= 15 is 0 Å². The number of rotatable bonds is 3. The second kappa shape index (κ2) is 8.33. The van der Waals surface area contributed by atoms with Crippen molar-refractivity contribution < 1.29 is 0 Å². The maximum absolute atomic E-state index is 5.04. The van der Waals surface area contributed by atoms with Gasteiger partial charge in [-0.15, -0.1) is 11.3 Å². The Bertz CT molecular complexity index is 2070. The van der Waals surface area contributed by atoms with E-state index in [4.69, 9.17) is 15.0 Å². The van der Waals surface area contributed by atoms with Crippen LogP contribution in [0.15, 0.2) is 121 Å². The van der Waals surface area contributed by atoms with Crippen LogP contribution in [0.25, 0.3) is 70.7 Å². The van der Waals surface area contributed by atoms with E-state index in [9.17, 15) is 0 Å². The Morgan fingerprint density at radius 3 is 1.76 bits per heavy atom. The number of thiophene rings is 1. The van der Waals surface area contributed by atoms with E-state index in [2.05, 4.69) is 65.2 Å². The van der Waals surface area contributed by atoms with E-state index in [0.717, 1.165) is 22.2 Å². The fourth-order valence-corrected chi connectivity index (χ4v) is 6.42. The van der Waals surface area contributed by atoms with Gasteiger partial charge in [0.05, 0.1) is 11.0 Å². The minimum atomic E-state index is 0.615. The van der Waals surface area contributed by atoms with Gasteiger partial charge in [-0.25, -0.2) is 4.98 Å².